The molecule has 2 heterocycles. The quantitative estimate of drug-likeness (QED) is 0.639. The maximum absolute atomic E-state index is 9.47. The van der Waals surface area contributed by atoms with Gasteiger partial charge in [-0.05, 0) is 61.0 Å². The van der Waals surface area contributed by atoms with Gasteiger partial charge in [0.15, 0.2) is 0 Å². The molecule has 0 saturated carbocycles. The van der Waals surface area contributed by atoms with Crippen LogP contribution in [0.2, 0.25) is 0 Å². The van der Waals surface area contributed by atoms with Crippen molar-refractivity contribution in [1.82, 2.24) is 0 Å². The van der Waals surface area contributed by atoms with E-state index in [4.69, 9.17) is 4.74 Å². The lowest BCUT2D eigenvalue weighted by Gasteiger charge is -2.49. The number of ether oxygens (including phenoxy) is 1. The number of rotatable bonds is 3. The molecule has 0 amide bonds. The standard InChI is InChI=1S/C26H22N4O/c1-19-5-9-24(10-6-19)30-18-29(23-11-7-20(14-27)8-12-23)25(26(30)16-31-17-26)22-4-2-3-21(13-22)15-28/h2-13,25H,16-18H2,1H3. The van der Waals surface area contributed by atoms with Crippen LogP contribution in [0, 0.1) is 29.6 Å². The number of hydrogen-bond acceptors (Lipinski definition) is 5. The van der Waals surface area contributed by atoms with Gasteiger partial charge in [-0.3, -0.25) is 0 Å². The highest BCUT2D eigenvalue weighted by atomic mass is 16.5. The Kier molecular flexibility index (Phi) is 4.62. The number of benzene rings is 3. The lowest BCUT2D eigenvalue weighted by atomic mass is 9.82. The van der Waals surface area contributed by atoms with E-state index in [9.17, 15) is 10.5 Å². The lowest BCUT2D eigenvalue weighted by Crippen LogP contribution is -2.62. The molecule has 0 radical (unpaired) electrons. The summed E-state index contributed by atoms with van der Waals surface area (Å²) in [6, 6.07) is 28.7. The topological polar surface area (TPSA) is 63.3 Å². The van der Waals surface area contributed by atoms with Crippen LogP contribution in [0.15, 0.2) is 72.8 Å². The van der Waals surface area contributed by atoms with Crippen LogP contribution in [0.1, 0.15) is 28.3 Å². The summed E-state index contributed by atoms with van der Waals surface area (Å²) in [6.07, 6.45) is 0. The number of aryl methyl sites for hydroxylation is 1. The van der Waals surface area contributed by atoms with Gasteiger partial charge in [0.2, 0.25) is 0 Å². The van der Waals surface area contributed by atoms with Gasteiger partial charge >= 0.3 is 0 Å². The Labute approximate surface area is 182 Å². The number of nitrogens with zero attached hydrogens (tertiary/aromatic N) is 4. The van der Waals surface area contributed by atoms with Crippen LogP contribution < -0.4 is 9.80 Å². The second kappa shape index (κ2) is 7.47. The molecule has 1 unspecified atom stereocenters. The first-order valence-electron chi connectivity index (χ1n) is 10.3. The van der Waals surface area contributed by atoms with E-state index >= 15 is 0 Å². The molecule has 5 heteroatoms. The molecular formula is C26H22N4O. The SMILES string of the molecule is Cc1ccc(N2CN(c3ccc(C#N)cc3)C(c3cccc(C#N)c3)C23COC3)cc1. The summed E-state index contributed by atoms with van der Waals surface area (Å²) in [5.41, 5.74) is 5.60. The van der Waals surface area contributed by atoms with Crippen molar-refractivity contribution in [2.75, 3.05) is 29.7 Å². The molecule has 2 saturated heterocycles. The Balaban J connectivity index is 1.64. The molecule has 5 nitrogen and oxygen atoms in total. The third-order valence-electron chi connectivity index (χ3n) is 6.36. The number of hydrogen-bond donors (Lipinski definition) is 0. The largest absolute Gasteiger partial charge is 0.376 e. The minimum atomic E-state index is -0.225. The van der Waals surface area contributed by atoms with E-state index < -0.39 is 0 Å². The Morgan fingerprint density at radius 3 is 2.16 bits per heavy atom. The van der Waals surface area contributed by atoms with Crippen LogP contribution in [0.25, 0.3) is 0 Å². The Hall–Kier alpha value is -3.80. The van der Waals surface area contributed by atoms with Crippen LogP contribution in [0.3, 0.4) is 0 Å². The maximum atomic E-state index is 9.47. The monoisotopic (exact) mass is 406 g/mol. The molecule has 2 aliphatic heterocycles. The van der Waals surface area contributed by atoms with Crippen molar-refractivity contribution in [3.63, 3.8) is 0 Å². The zero-order valence-corrected chi connectivity index (χ0v) is 17.3. The second-order valence-corrected chi connectivity index (χ2v) is 8.27. The van der Waals surface area contributed by atoms with Crippen molar-refractivity contribution < 1.29 is 4.74 Å². The third kappa shape index (κ3) is 3.11. The summed E-state index contributed by atoms with van der Waals surface area (Å²) in [4.78, 5) is 4.79. The third-order valence-corrected chi connectivity index (χ3v) is 6.36. The molecule has 2 aliphatic rings. The molecule has 1 atom stereocenters. The lowest BCUT2D eigenvalue weighted by molar-refractivity contribution is -0.0590. The fourth-order valence-electron chi connectivity index (χ4n) is 4.73. The van der Waals surface area contributed by atoms with E-state index in [2.05, 4.69) is 59.2 Å². The fourth-order valence-corrected chi connectivity index (χ4v) is 4.73. The van der Waals surface area contributed by atoms with Gasteiger partial charge in [0.1, 0.15) is 5.54 Å². The average Bonchev–Trinajstić information content (AvgIpc) is 3.16. The van der Waals surface area contributed by atoms with Gasteiger partial charge in [-0.1, -0.05) is 29.8 Å². The molecular weight excluding hydrogens is 384 g/mol. The zero-order chi connectivity index (χ0) is 21.4. The van der Waals surface area contributed by atoms with Crippen LogP contribution in [0.4, 0.5) is 11.4 Å². The Morgan fingerprint density at radius 2 is 1.55 bits per heavy atom. The minimum Gasteiger partial charge on any atom is -0.376 e. The number of anilines is 2. The summed E-state index contributed by atoms with van der Waals surface area (Å²) in [7, 11) is 0. The fraction of sp³-hybridized carbons (Fsp3) is 0.231. The zero-order valence-electron chi connectivity index (χ0n) is 17.3. The van der Waals surface area contributed by atoms with E-state index in [1.165, 1.54) is 5.56 Å². The van der Waals surface area contributed by atoms with Crippen molar-refractivity contribution >= 4 is 11.4 Å². The minimum absolute atomic E-state index is 0.0174. The van der Waals surface area contributed by atoms with E-state index in [-0.39, 0.29) is 11.6 Å². The number of nitriles is 2. The van der Waals surface area contributed by atoms with Gasteiger partial charge < -0.3 is 14.5 Å². The molecule has 1 spiro atoms. The van der Waals surface area contributed by atoms with Gasteiger partial charge in [-0.2, -0.15) is 10.5 Å². The first-order valence-corrected chi connectivity index (χ1v) is 10.3. The normalized spacial score (nSPS) is 19.0. The van der Waals surface area contributed by atoms with Gasteiger partial charge in [-0.25, -0.2) is 0 Å². The molecule has 0 N–H and O–H groups in total. The molecule has 5 rings (SSSR count). The first kappa shape index (κ1) is 19.2. The van der Waals surface area contributed by atoms with Crippen molar-refractivity contribution in [3.05, 3.63) is 95.1 Å². The van der Waals surface area contributed by atoms with Crippen molar-refractivity contribution in [3.8, 4) is 12.1 Å². The molecule has 31 heavy (non-hydrogen) atoms. The predicted molar refractivity (Wildman–Crippen MR) is 120 cm³/mol. The average molecular weight is 406 g/mol. The van der Waals surface area contributed by atoms with E-state index in [0.29, 0.717) is 31.0 Å². The van der Waals surface area contributed by atoms with Gasteiger partial charge in [0.25, 0.3) is 0 Å². The molecule has 2 fully saturated rings. The van der Waals surface area contributed by atoms with Crippen LogP contribution in [0.5, 0.6) is 0 Å². The van der Waals surface area contributed by atoms with Crippen LogP contribution in [-0.2, 0) is 4.74 Å². The predicted octanol–water partition coefficient (Wildman–Crippen LogP) is 4.53. The van der Waals surface area contributed by atoms with Crippen LogP contribution in [-0.4, -0.2) is 25.4 Å². The van der Waals surface area contributed by atoms with E-state index in [1.54, 1.807) is 0 Å². The van der Waals surface area contributed by atoms with Gasteiger partial charge in [-0.15, -0.1) is 0 Å². The maximum Gasteiger partial charge on any atom is 0.113 e. The molecule has 3 aromatic rings. The summed E-state index contributed by atoms with van der Waals surface area (Å²) in [5, 5.41) is 18.7. The van der Waals surface area contributed by atoms with Crippen molar-refractivity contribution in [2.24, 2.45) is 0 Å². The second-order valence-electron chi connectivity index (χ2n) is 8.27. The molecule has 0 aromatic heterocycles. The van der Waals surface area contributed by atoms with Crippen molar-refractivity contribution in [1.29, 1.82) is 10.5 Å². The highest BCUT2D eigenvalue weighted by Gasteiger charge is 2.58. The molecule has 3 aromatic carbocycles. The summed E-state index contributed by atoms with van der Waals surface area (Å²) in [6.45, 7) is 4.03. The van der Waals surface area contributed by atoms with Crippen LogP contribution >= 0.6 is 0 Å². The molecule has 0 aliphatic carbocycles. The summed E-state index contributed by atoms with van der Waals surface area (Å²) in [5.74, 6) is 0. The molecule has 152 valence electrons. The van der Waals surface area contributed by atoms with Crippen molar-refractivity contribution in [2.45, 2.75) is 18.5 Å². The Bertz CT molecular complexity index is 1180. The van der Waals surface area contributed by atoms with Gasteiger partial charge in [0.05, 0.1) is 49.2 Å². The molecule has 0 bridgehead atoms. The summed E-state index contributed by atoms with van der Waals surface area (Å²) < 4.78 is 5.79. The smallest absolute Gasteiger partial charge is 0.113 e. The van der Waals surface area contributed by atoms with Gasteiger partial charge in [0, 0.05) is 11.4 Å². The van der Waals surface area contributed by atoms with E-state index in [1.807, 2.05) is 42.5 Å². The first-order chi connectivity index (χ1) is 15.1. The highest BCUT2D eigenvalue weighted by Crippen LogP contribution is 2.50. The van der Waals surface area contributed by atoms with E-state index in [0.717, 1.165) is 16.9 Å². The Morgan fingerprint density at radius 1 is 0.871 bits per heavy atom. The summed E-state index contributed by atoms with van der Waals surface area (Å²) >= 11 is 0. The highest BCUT2D eigenvalue weighted by molar-refractivity contribution is 5.63.